The number of carbonyl (C=O) groups excluding carboxylic acids is 1. The summed E-state index contributed by atoms with van der Waals surface area (Å²) in [6, 6.07) is 4.26. The van der Waals surface area contributed by atoms with Crippen molar-refractivity contribution in [1.29, 1.82) is 0 Å². The number of nitrogens with two attached hydrogens (primary N) is 1. The Bertz CT molecular complexity index is 368. The van der Waals surface area contributed by atoms with E-state index in [0.717, 1.165) is 0 Å². The Labute approximate surface area is 87.8 Å². The van der Waals surface area contributed by atoms with Gasteiger partial charge in [-0.05, 0) is 19.1 Å². The summed E-state index contributed by atoms with van der Waals surface area (Å²) in [6.45, 7) is 2.39. The van der Waals surface area contributed by atoms with Gasteiger partial charge < -0.3 is 10.3 Å². The lowest BCUT2D eigenvalue weighted by Crippen LogP contribution is -2.28. The molecule has 15 heavy (non-hydrogen) atoms. The maximum absolute atomic E-state index is 13.3. The zero-order valence-electron chi connectivity index (χ0n) is 8.75. The van der Waals surface area contributed by atoms with Crippen LogP contribution in [0.4, 0.5) is 10.1 Å². The van der Waals surface area contributed by atoms with Gasteiger partial charge in [-0.15, -0.1) is 0 Å². The Balaban J connectivity index is 3.13. The predicted octanol–water partition coefficient (Wildman–Crippen LogP) is 1.20. The van der Waals surface area contributed by atoms with Crippen molar-refractivity contribution in [3.8, 4) is 0 Å². The molecule has 1 amide bonds. The molecule has 0 unspecified atom stereocenters. The third kappa shape index (κ3) is 2.24. The lowest BCUT2D eigenvalue weighted by molar-refractivity contribution is 0.0803. The molecule has 0 aromatic heterocycles. The molecule has 0 atom stereocenters. The molecule has 0 aliphatic rings. The average Bonchev–Trinajstić information content (AvgIpc) is 2.26. The summed E-state index contributed by atoms with van der Waals surface area (Å²) in [5, 5.41) is 0. The normalized spacial score (nSPS) is 9.87. The lowest BCUT2D eigenvalue weighted by atomic mass is 10.1. The Morgan fingerprint density at radius 2 is 2.27 bits per heavy atom. The van der Waals surface area contributed by atoms with E-state index < -0.39 is 5.82 Å². The van der Waals surface area contributed by atoms with Gasteiger partial charge >= 0.3 is 0 Å². The summed E-state index contributed by atoms with van der Waals surface area (Å²) in [7, 11) is 1.65. The largest absolute Gasteiger partial charge is 0.342 e. The van der Waals surface area contributed by atoms with Gasteiger partial charge in [0.25, 0.3) is 5.91 Å². The maximum Gasteiger partial charge on any atom is 0.255 e. The van der Waals surface area contributed by atoms with Crippen molar-refractivity contribution in [2.24, 2.45) is 5.84 Å². The number of carbonyl (C=O) groups is 1. The molecule has 4 nitrogen and oxygen atoms in total. The van der Waals surface area contributed by atoms with E-state index in [1.165, 1.54) is 23.1 Å². The van der Waals surface area contributed by atoms with Gasteiger partial charge in [-0.25, -0.2) is 4.39 Å². The zero-order valence-corrected chi connectivity index (χ0v) is 8.75. The highest BCUT2D eigenvalue weighted by molar-refractivity contribution is 5.99. The molecule has 0 fully saturated rings. The van der Waals surface area contributed by atoms with Gasteiger partial charge in [0, 0.05) is 13.6 Å². The fourth-order valence-corrected chi connectivity index (χ4v) is 1.20. The molecular formula is C10H14FN3O. The van der Waals surface area contributed by atoms with Crippen molar-refractivity contribution in [3.05, 3.63) is 29.6 Å². The SMILES string of the molecule is CCN(C)C(=O)c1cccc(F)c1NN. The van der Waals surface area contributed by atoms with Gasteiger partial charge in [0.05, 0.1) is 11.3 Å². The minimum Gasteiger partial charge on any atom is -0.342 e. The maximum atomic E-state index is 13.3. The highest BCUT2D eigenvalue weighted by Crippen LogP contribution is 2.19. The van der Waals surface area contributed by atoms with E-state index >= 15 is 0 Å². The minimum absolute atomic E-state index is 0.0304. The molecule has 0 radical (unpaired) electrons. The van der Waals surface area contributed by atoms with Crippen molar-refractivity contribution in [2.45, 2.75) is 6.92 Å². The molecule has 0 spiro atoms. The van der Waals surface area contributed by atoms with Crippen LogP contribution in [0.3, 0.4) is 0 Å². The van der Waals surface area contributed by atoms with Crippen LogP contribution in [0.5, 0.6) is 0 Å². The van der Waals surface area contributed by atoms with Crippen molar-refractivity contribution in [3.63, 3.8) is 0 Å². The molecule has 0 heterocycles. The van der Waals surface area contributed by atoms with Crippen molar-refractivity contribution >= 4 is 11.6 Å². The number of hydrogen-bond acceptors (Lipinski definition) is 3. The van der Waals surface area contributed by atoms with E-state index in [0.29, 0.717) is 6.54 Å². The molecule has 1 rings (SSSR count). The van der Waals surface area contributed by atoms with Gasteiger partial charge in [0.1, 0.15) is 5.82 Å². The number of hydrazine groups is 1. The lowest BCUT2D eigenvalue weighted by Gasteiger charge is -2.16. The molecule has 0 saturated carbocycles. The van der Waals surface area contributed by atoms with Crippen molar-refractivity contribution in [2.75, 3.05) is 19.0 Å². The second-order valence-electron chi connectivity index (χ2n) is 3.13. The minimum atomic E-state index is -0.534. The van der Waals surface area contributed by atoms with Crippen molar-refractivity contribution < 1.29 is 9.18 Å². The van der Waals surface area contributed by atoms with E-state index in [4.69, 9.17) is 5.84 Å². The van der Waals surface area contributed by atoms with E-state index in [9.17, 15) is 9.18 Å². The number of rotatable bonds is 3. The monoisotopic (exact) mass is 211 g/mol. The highest BCUT2D eigenvalue weighted by Gasteiger charge is 2.16. The summed E-state index contributed by atoms with van der Waals surface area (Å²) >= 11 is 0. The molecule has 5 heteroatoms. The van der Waals surface area contributed by atoms with Gasteiger partial charge in [-0.1, -0.05) is 6.07 Å². The molecule has 1 aromatic carbocycles. The standard InChI is InChI=1S/C10H14FN3O/c1-3-14(2)10(15)7-5-4-6-8(11)9(7)13-12/h4-6,13H,3,12H2,1-2H3. The number of nitrogens with zero attached hydrogens (tertiary/aromatic N) is 1. The first-order valence-electron chi connectivity index (χ1n) is 4.62. The first kappa shape index (κ1) is 11.5. The third-order valence-corrected chi connectivity index (χ3v) is 2.21. The molecule has 0 saturated heterocycles. The smallest absolute Gasteiger partial charge is 0.255 e. The summed E-state index contributed by atoms with van der Waals surface area (Å²) < 4.78 is 13.3. The third-order valence-electron chi connectivity index (χ3n) is 2.21. The fraction of sp³-hybridized carbons (Fsp3) is 0.300. The number of benzene rings is 1. The summed E-state index contributed by atoms with van der Waals surface area (Å²) in [5.41, 5.74) is 2.47. The Morgan fingerprint density at radius 3 is 2.80 bits per heavy atom. The zero-order chi connectivity index (χ0) is 11.4. The van der Waals surface area contributed by atoms with Crippen LogP contribution in [-0.4, -0.2) is 24.4 Å². The van der Waals surface area contributed by atoms with E-state index in [2.05, 4.69) is 5.43 Å². The number of amides is 1. The quantitative estimate of drug-likeness (QED) is 0.583. The van der Waals surface area contributed by atoms with Crippen LogP contribution in [0, 0.1) is 5.82 Å². The van der Waals surface area contributed by atoms with E-state index in [1.54, 1.807) is 7.05 Å². The molecule has 1 aromatic rings. The number of para-hydroxylation sites is 1. The number of nitrogen functional groups attached to an aromatic ring is 1. The second kappa shape index (κ2) is 4.75. The Morgan fingerprint density at radius 1 is 1.60 bits per heavy atom. The molecular weight excluding hydrogens is 197 g/mol. The topological polar surface area (TPSA) is 58.4 Å². The number of anilines is 1. The van der Waals surface area contributed by atoms with Crippen LogP contribution in [0.1, 0.15) is 17.3 Å². The Kier molecular flexibility index (Phi) is 3.62. The molecule has 3 N–H and O–H groups in total. The number of halogens is 1. The van der Waals surface area contributed by atoms with Crippen LogP contribution in [0.15, 0.2) is 18.2 Å². The van der Waals surface area contributed by atoms with Crippen LogP contribution in [0.25, 0.3) is 0 Å². The van der Waals surface area contributed by atoms with Gasteiger partial charge in [-0.2, -0.15) is 0 Å². The summed E-state index contributed by atoms with van der Waals surface area (Å²) in [6.07, 6.45) is 0. The van der Waals surface area contributed by atoms with Crippen LogP contribution < -0.4 is 11.3 Å². The number of nitrogens with one attached hydrogen (secondary N) is 1. The van der Waals surface area contributed by atoms with Gasteiger partial charge in [-0.3, -0.25) is 10.6 Å². The van der Waals surface area contributed by atoms with Crippen LogP contribution >= 0.6 is 0 Å². The summed E-state index contributed by atoms with van der Waals surface area (Å²) in [5.74, 6) is 4.38. The highest BCUT2D eigenvalue weighted by atomic mass is 19.1. The first-order chi connectivity index (χ1) is 7.11. The first-order valence-corrected chi connectivity index (χ1v) is 4.62. The molecule has 82 valence electrons. The van der Waals surface area contributed by atoms with Crippen molar-refractivity contribution in [1.82, 2.24) is 4.90 Å². The molecule has 0 aliphatic carbocycles. The van der Waals surface area contributed by atoms with E-state index in [-0.39, 0.29) is 17.2 Å². The molecule has 0 aliphatic heterocycles. The van der Waals surface area contributed by atoms with Crippen LogP contribution in [-0.2, 0) is 0 Å². The van der Waals surface area contributed by atoms with Gasteiger partial charge in [0.15, 0.2) is 0 Å². The summed E-state index contributed by atoms with van der Waals surface area (Å²) in [4.78, 5) is 13.3. The Hall–Kier alpha value is -1.62. The molecule has 0 bridgehead atoms. The fourth-order valence-electron chi connectivity index (χ4n) is 1.20. The number of hydrogen-bond donors (Lipinski definition) is 2. The van der Waals surface area contributed by atoms with E-state index in [1.807, 2.05) is 6.92 Å². The second-order valence-corrected chi connectivity index (χ2v) is 3.13. The van der Waals surface area contributed by atoms with Crippen LogP contribution in [0.2, 0.25) is 0 Å². The average molecular weight is 211 g/mol. The predicted molar refractivity (Wildman–Crippen MR) is 56.8 cm³/mol. The van der Waals surface area contributed by atoms with Gasteiger partial charge in [0.2, 0.25) is 0 Å².